The van der Waals surface area contributed by atoms with Gasteiger partial charge in [-0.05, 0) is 35.4 Å². The van der Waals surface area contributed by atoms with Gasteiger partial charge < -0.3 is 9.47 Å². The number of nitrogens with zero attached hydrogens (tertiary/aromatic N) is 1. The molecule has 0 aliphatic rings. The predicted octanol–water partition coefficient (Wildman–Crippen LogP) is 3.33. The molecule has 2 aromatic carbocycles. The lowest BCUT2D eigenvalue weighted by atomic mass is 10.1. The van der Waals surface area contributed by atoms with E-state index in [1.165, 1.54) is 38.6 Å². The van der Waals surface area contributed by atoms with Crippen molar-refractivity contribution in [3.8, 4) is 5.75 Å². The molecule has 2 aromatic rings. The van der Waals surface area contributed by atoms with Crippen LogP contribution in [0.1, 0.15) is 17.2 Å². The monoisotopic (exact) mass is 350 g/mol. The van der Waals surface area contributed by atoms with Crippen LogP contribution in [0.15, 0.2) is 47.6 Å². The lowest BCUT2D eigenvalue weighted by molar-refractivity contribution is -0.131. The number of nitrogens with one attached hydrogen (secondary N) is 1. The van der Waals surface area contributed by atoms with E-state index in [4.69, 9.17) is 21.1 Å². The molecule has 0 bridgehead atoms. The fourth-order valence-electron chi connectivity index (χ4n) is 2.02. The average Bonchev–Trinajstić information content (AvgIpc) is 2.58. The van der Waals surface area contributed by atoms with Crippen LogP contribution in [0.3, 0.4) is 0 Å². The van der Waals surface area contributed by atoms with Crippen LogP contribution in [-0.4, -0.2) is 26.3 Å². The third-order valence-corrected chi connectivity index (χ3v) is 3.46. The highest BCUT2D eigenvalue weighted by Gasteiger charge is 2.19. The molecule has 0 heterocycles. The maximum absolute atomic E-state index is 13.3. The number of hydrazone groups is 1. The minimum absolute atomic E-state index is 0.0983. The van der Waals surface area contributed by atoms with Crippen LogP contribution in [0.2, 0.25) is 5.02 Å². The van der Waals surface area contributed by atoms with Crippen LogP contribution in [0.5, 0.6) is 5.75 Å². The van der Waals surface area contributed by atoms with Crippen molar-refractivity contribution in [2.45, 2.75) is 6.10 Å². The van der Waals surface area contributed by atoms with Gasteiger partial charge in [0.1, 0.15) is 0 Å². The van der Waals surface area contributed by atoms with E-state index in [1.54, 1.807) is 24.3 Å². The van der Waals surface area contributed by atoms with Gasteiger partial charge in [-0.25, -0.2) is 9.82 Å². The first-order valence-electron chi connectivity index (χ1n) is 7.00. The molecule has 5 nitrogen and oxygen atoms in total. The van der Waals surface area contributed by atoms with E-state index in [1.807, 2.05) is 0 Å². The Morgan fingerprint density at radius 2 is 1.96 bits per heavy atom. The van der Waals surface area contributed by atoms with Gasteiger partial charge in [-0.1, -0.05) is 29.8 Å². The van der Waals surface area contributed by atoms with Crippen molar-refractivity contribution in [1.82, 2.24) is 5.43 Å². The maximum atomic E-state index is 13.3. The lowest BCUT2D eigenvalue weighted by Crippen LogP contribution is -2.26. The van der Waals surface area contributed by atoms with Crippen LogP contribution < -0.4 is 10.2 Å². The molecule has 0 saturated heterocycles. The molecule has 0 spiro atoms. The summed E-state index contributed by atoms with van der Waals surface area (Å²) >= 11 is 5.82. The van der Waals surface area contributed by atoms with E-state index in [9.17, 15) is 9.18 Å². The van der Waals surface area contributed by atoms with E-state index >= 15 is 0 Å². The number of hydrogen-bond donors (Lipinski definition) is 1. The zero-order valence-electron chi connectivity index (χ0n) is 13.1. The summed E-state index contributed by atoms with van der Waals surface area (Å²) in [5.41, 5.74) is 3.61. The van der Waals surface area contributed by atoms with Gasteiger partial charge >= 0.3 is 0 Å². The molecule has 24 heavy (non-hydrogen) atoms. The minimum atomic E-state index is -0.817. The standard InChI is InChI=1S/C17H16ClFN2O3/c1-23-15-9-11(3-8-14(15)19)10-20-21-17(22)16(24-2)12-4-6-13(18)7-5-12/h3-10,16H,1-2H3,(H,21,22). The van der Waals surface area contributed by atoms with Crippen LogP contribution >= 0.6 is 11.6 Å². The summed E-state index contributed by atoms with van der Waals surface area (Å²) in [7, 11) is 2.80. The topological polar surface area (TPSA) is 59.9 Å². The minimum Gasteiger partial charge on any atom is -0.494 e. The molecule has 1 atom stereocenters. The highest BCUT2D eigenvalue weighted by molar-refractivity contribution is 6.30. The SMILES string of the molecule is COc1cc(C=NNC(=O)C(OC)c2ccc(Cl)cc2)ccc1F. The van der Waals surface area contributed by atoms with Crippen LogP contribution in [0, 0.1) is 5.82 Å². The van der Waals surface area contributed by atoms with E-state index < -0.39 is 17.8 Å². The molecule has 0 aliphatic carbocycles. The molecule has 2 rings (SSSR count). The largest absolute Gasteiger partial charge is 0.494 e. The Labute approximate surface area is 144 Å². The molecular formula is C17H16ClFN2O3. The summed E-state index contributed by atoms with van der Waals surface area (Å²) in [4.78, 5) is 12.2. The molecule has 0 saturated carbocycles. The second-order valence-corrected chi connectivity index (χ2v) is 5.23. The van der Waals surface area contributed by atoms with Crippen LogP contribution in [0.25, 0.3) is 0 Å². The lowest BCUT2D eigenvalue weighted by Gasteiger charge is -2.13. The third kappa shape index (κ3) is 4.53. The van der Waals surface area contributed by atoms with Crippen molar-refractivity contribution in [3.63, 3.8) is 0 Å². The Morgan fingerprint density at radius 3 is 2.58 bits per heavy atom. The first kappa shape index (κ1) is 17.9. The summed E-state index contributed by atoms with van der Waals surface area (Å²) in [6.45, 7) is 0. The van der Waals surface area contributed by atoms with Gasteiger partial charge in [-0.2, -0.15) is 5.10 Å². The van der Waals surface area contributed by atoms with E-state index in [0.29, 0.717) is 16.1 Å². The van der Waals surface area contributed by atoms with Gasteiger partial charge in [0.2, 0.25) is 0 Å². The first-order valence-corrected chi connectivity index (χ1v) is 7.37. The predicted molar refractivity (Wildman–Crippen MR) is 89.9 cm³/mol. The summed E-state index contributed by atoms with van der Waals surface area (Å²) in [6, 6.07) is 11.0. The number of amides is 1. The smallest absolute Gasteiger partial charge is 0.273 e. The zero-order valence-corrected chi connectivity index (χ0v) is 13.9. The average molecular weight is 351 g/mol. The van der Waals surface area contributed by atoms with Crippen molar-refractivity contribution >= 4 is 23.7 Å². The van der Waals surface area contributed by atoms with Gasteiger partial charge in [-0.15, -0.1) is 0 Å². The van der Waals surface area contributed by atoms with Gasteiger partial charge in [0.05, 0.1) is 13.3 Å². The molecule has 0 aliphatic heterocycles. The molecular weight excluding hydrogens is 335 g/mol. The second-order valence-electron chi connectivity index (χ2n) is 4.80. The molecule has 0 aromatic heterocycles. The number of hydrogen-bond acceptors (Lipinski definition) is 4. The first-order chi connectivity index (χ1) is 11.5. The van der Waals surface area contributed by atoms with Crippen molar-refractivity contribution in [3.05, 3.63) is 64.4 Å². The second kappa shape index (κ2) is 8.42. The molecule has 0 fully saturated rings. The fourth-order valence-corrected chi connectivity index (χ4v) is 2.14. The number of halogens is 2. The van der Waals surface area contributed by atoms with Crippen molar-refractivity contribution in [1.29, 1.82) is 0 Å². The molecule has 0 radical (unpaired) electrons. The quantitative estimate of drug-likeness (QED) is 0.642. The summed E-state index contributed by atoms with van der Waals surface area (Å²) in [5, 5.41) is 4.42. The molecule has 1 N–H and O–H groups in total. The summed E-state index contributed by atoms with van der Waals surface area (Å²) in [6.07, 6.45) is 0.566. The van der Waals surface area contributed by atoms with Crippen LogP contribution in [0.4, 0.5) is 4.39 Å². The summed E-state index contributed by atoms with van der Waals surface area (Å²) in [5.74, 6) is -0.813. The Morgan fingerprint density at radius 1 is 1.25 bits per heavy atom. The zero-order chi connectivity index (χ0) is 17.5. The number of methoxy groups -OCH3 is 2. The number of carbonyl (C=O) groups excluding carboxylic acids is 1. The number of benzene rings is 2. The van der Waals surface area contributed by atoms with Gasteiger partial charge in [0, 0.05) is 12.1 Å². The van der Waals surface area contributed by atoms with Gasteiger partial charge in [0.25, 0.3) is 5.91 Å². The molecule has 126 valence electrons. The van der Waals surface area contributed by atoms with E-state index in [-0.39, 0.29) is 5.75 Å². The van der Waals surface area contributed by atoms with E-state index in [2.05, 4.69) is 10.5 Å². The Bertz CT molecular complexity index is 735. The van der Waals surface area contributed by atoms with Gasteiger partial charge in [0.15, 0.2) is 17.7 Å². The number of ether oxygens (including phenoxy) is 2. The Hall–Kier alpha value is -2.44. The number of carbonyl (C=O) groups is 1. The Kier molecular flexibility index (Phi) is 6.28. The van der Waals surface area contributed by atoms with Crippen LogP contribution in [-0.2, 0) is 9.53 Å². The van der Waals surface area contributed by atoms with Crippen molar-refractivity contribution in [2.24, 2.45) is 5.10 Å². The highest BCUT2D eigenvalue weighted by Crippen LogP contribution is 2.19. The highest BCUT2D eigenvalue weighted by atomic mass is 35.5. The van der Waals surface area contributed by atoms with Gasteiger partial charge in [-0.3, -0.25) is 4.79 Å². The van der Waals surface area contributed by atoms with Crippen molar-refractivity contribution in [2.75, 3.05) is 14.2 Å². The molecule has 1 unspecified atom stereocenters. The number of rotatable bonds is 6. The summed E-state index contributed by atoms with van der Waals surface area (Å²) < 4.78 is 23.4. The fraction of sp³-hybridized carbons (Fsp3) is 0.176. The normalized spacial score (nSPS) is 12.2. The molecule has 1 amide bonds. The maximum Gasteiger partial charge on any atom is 0.273 e. The van der Waals surface area contributed by atoms with Crippen molar-refractivity contribution < 1.29 is 18.7 Å². The third-order valence-electron chi connectivity index (χ3n) is 3.21. The van der Waals surface area contributed by atoms with E-state index in [0.717, 1.165) is 0 Å². The Balaban J connectivity index is 2.04. The molecule has 7 heteroatoms.